The van der Waals surface area contributed by atoms with Gasteiger partial charge in [0.05, 0.1) is 18.1 Å². The summed E-state index contributed by atoms with van der Waals surface area (Å²) < 4.78 is 35.6. The van der Waals surface area contributed by atoms with Crippen molar-refractivity contribution in [2.45, 2.75) is 24.3 Å². The summed E-state index contributed by atoms with van der Waals surface area (Å²) in [6, 6.07) is 7.68. The van der Waals surface area contributed by atoms with E-state index in [1.165, 1.54) is 24.0 Å². The molecular weight excluding hydrogens is 426 g/mol. The van der Waals surface area contributed by atoms with E-state index in [9.17, 15) is 28.1 Å². The lowest BCUT2D eigenvalue weighted by Gasteiger charge is -2.35. The predicted molar refractivity (Wildman–Crippen MR) is 106 cm³/mol. The number of nitrogens with zero attached hydrogens (tertiary/aromatic N) is 2. The number of sulfone groups is 1. The van der Waals surface area contributed by atoms with Crippen molar-refractivity contribution in [3.05, 3.63) is 41.0 Å². The van der Waals surface area contributed by atoms with Crippen LogP contribution in [0, 0.1) is 18.3 Å². The van der Waals surface area contributed by atoms with Gasteiger partial charge in [0.1, 0.15) is 17.5 Å². The van der Waals surface area contributed by atoms with Gasteiger partial charge in [-0.3, -0.25) is 9.59 Å². The van der Waals surface area contributed by atoms with Crippen LogP contribution in [0.5, 0.6) is 0 Å². The van der Waals surface area contributed by atoms with Crippen LogP contribution in [0.4, 0.5) is 0 Å². The maximum absolute atomic E-state index is 13.3. The number of esters is 1. The number of amides is 2. The first kappa shape index (κ1) is 22.5. The lowest BCUT2D eigenvalue weighted by Crippen LogP contribution is -2.61. The van der Waals surface area contributed by atoms with Crippen LogP contribution in [-0.4, -0.2) is 68.9 Å². The Hall–Kier alpha value is -3.23. The highest BCUT2D eigenvalue weighted by molar-refractivity contribution is 7.91. The van der Waals surface area contributed by atoms with Crippen molar-refractivity contribution in [1.82, 2.24) is 10.2 Å². The molecule has 3 rings (SSSR count). The van der Waals surface area contributed by atoms with Crippen LogP contribution < -0.4 is 5.32 Å². The molecule has 1 atom stereocenters. The van der Waals surface area contributed by atoms with E-state index in [2.05, 4.69) is 5.32 Å². The summed E-state index contributed by atoms with van der Waals surface area (Å²) in [6.07, 6.45) is 0. The number of carbonyl (C=O) groups is 3. The largest absolute Gasteiger partial charge is 0.430 e. The number of cyclic esters (lactones) is 1. The molecule has 0 saturated carbocycles. The van der Waals surface area contributed by atoms with Crippen LogP contribution in [0.1, 0.15) is 12.5 Å². The Morgan fingerprint density at radius 2 is 1.81 bits per heavy atom. The molecule has 31 heavy (non-hydrogen) atoms. The molecule has 1 fully saturated rings. The van der Waals surface area contributed by atoms with E-state index in [1.54, 1.807) is 25.1 Å². The molecule has 1 aromatic rings. The van der Waals surface area contributed by atoms with Crippen molar-refractivity contribution < 1.29 is 32.3 Å². The first-order valence-electron chi connectivity index (χ1n) is 9.43. The van der Waals surface area contributed by atoms with Gasteiger partial charge in [-0.2, -0.15) is 5.26 Å². The Morgan fingerprint density at radius 3 is 2.35 bits per heavy atom. The van der Waals surface area contributed by atoms with Gasteiger partial charge < -0.3 is 19.7 Å². The lowest BCUT2D eigenvalue weighted by atomic mass is 9.90. The molecule has 11 heteroatoms. The number of nitrogens with one attached hydrogen (secondary N) is 1. The SMILES string of the molecule is CC1=C(C#N)C(=O)OC1(C(=O)NCS(=O)(=O)c1ccc(C)cc1)C(=O)N1CCOCC1. The minimum Gasteiger partial charge on any atom is -0.430 e. The molecule has 0 aromatic heterocycles. The summed E-state index contributed by atoms with van der Waals surface area (Å²) in [5, 5.41) is 11.5. The monoisotopic (exact) mass is 447 g/mol. The van der Waals surface area contributed by atoms with Gasteiger partial charge in [-0.15, -0.1) is 0 Å². The van der Waals surface area contributed by atoms with E-state index in [0.717, 1.165) is 5.56 Å². The third-order valence-electron chi connectivity index (χ3n) is 5.19. The molecule has 1 unspecified atom stereocenters. The first-order chi connectivity index (χ1) is 14.6. The fourth-order valence-corrected chi connectivity index (χ4v) is 4.38. The number of hydrogen-bond donors (Lipinski definition) is 1. The molecule has 2 heterocycles. The van der Waals surface area contributed by atoms with Gasteiger partial charge in [0.2, 0.25) is 0 Å². The molecule has 1 aromatic carbocycles. The zero-order valence-electron chi connectivity index (χ0n) is 17.0. The Labute approximate surface area is 179 Å². The minimum atomic E-state index is -3.93. The van der Waals surface area contributed by atoms with E-state index in [4.69, 9.17) is 9.47 Å². The maximum atomic E-state index is 13.3. The van der Waals surface area contributed by atoms with Crippen LogP contribution in [0.2, 0.25) is 0 Å². The number of morpholine rings is 1. The second-order valence-electron chi connectivity index (χ2n) is 7.17. The number of carbonyl (C=O) groups excluding carboxylic acids is 3. The number of rotatable bonds is 5. The molecule has 1 N–H and O–H groups in total. The Morgan fingerprint density at radius 1 is 1.19 bits per heavy atom. The zero-order chi connectivity index (χ0) is 22.8. The zero-order valence-corrected chi connectivity index (χ0v) is 17.8. The molecule has 0 bridgehead atoms. The highest BCUT2D eigenvalue weighted by atomic mass is 32.2. The van der Waals surface area contributed by atoms with Crippen molar-refractivity contribution >= 4 is 27.6 Å². The summed E-state index contributed by atoms with van der Waals surface area (Å²) in [7, 11) is -3.93. The van der Waals surface area contributed by atoms with Crippen LogP contribution in [-0.2, 0) is 33.7 Å². The molecule has 164 valence electrons. The van der Waals surface area contributed by atoms with Gasteiger partial charge >= 0.3 is 5.97 Å². The van der Waals surface area contributed by atoms with E-state index in [-0.39, 0.29) is 36.8 Å². The van der Waals surface area contributed by atoms with E-state index < -0.39 is 44.7 Å². The van der Waals surface area contributed by atoms with Gasteiger partial charge in [0.15, 0.2) is 9.84 Å². The van der Waals surface area contributed by atoms with Crippen molar-refractivity contribution in [3.8, 4) is 6.07 Å². The fraction of sp³-hybridized carbons (Fsp3) is 0.400. The molecular formula is C20H21N3O7S. The summed E-state index contributed by atoms with van der Waals surface area (Å²) in [5.74, 6) is -3.91. The molecule has 2 aliphatic rings. The average molecular weight is 447 g/mol. The van der Waals surface area contributed by atoms with Gasteiger partial charge in [0.25, 0.3) is 17.4 Å². The lowest BCUT2D eigenvalue weighted by molar-refractivity contribution is -0.171. The van der Waals surface area contributed by atoms with Crippen molar-refractivity contribution in [2.75, 3.05) is 32.2 Å². The molecule has 0 radical (unpaired) electrons. The summed E-state index contributed by atoms with van der Waals surface area (Å²) in [5.41, 5.74) is -2.22. The average Bonchev–Trinajstić information content (AvgIpc) is 3.02. The van der Waals surface area contributed by atoms with Gasteiger partial charge in [0, 0.05) is 18.7 Å². The minimum absolute atomic E-state index is 0.0136. The highest BCUT2D eigenvalue weighted by Crippen LogP contribution is 2.35. The van der Waals surface area contributed by atoms with Crippen molar-refractivity contribution in [2.24, 2.45) is 0 Å². The predicted octanol–water partition coefficient (Wildman–Crippen LogP) is -0.163. The highest BCUT2D eigenvalue weighted by Gasteiger charge is 2.59. The number of benzene rings is 1. The van der Waals surface area contributed by atoms with Crippen molar-refractivity contribution in [3.63, 3.8) is 0 Å². The molecule has 2 amide bonds. The standard InChI is InChI=1S/C20H21N3O7S/c1-13-3-5-15(6-4-13)31(27,28)12-22-18(25)20(14(2)16(11-21)17(24)30-20)19(26)23-7-9-29-10-8-23/h3-6H,7-10,12H2,1-2H3,(H,22,25). The normalized spacial score (nSPS) is 21.5. The second kappa shape index (κ2) is 8.49. The number of ether oxygens (including phenoxy) is 2. The molecule has 0 spiro atoms. The summed E-state index contributed by atoms with van der Waals surface area (Å²) >= 11 is 0. The second-order valence-corrected chi connectivity index (χ2v) is 9.15. The van der Waals surface area contributed by atoms with Crippen LogP contribution >= 0.6 is 0 Å². The Kier molecular flexibility index (Phi) is 6.15. The molecule has 10 nitrogen and oxygen atoms in total. The first-order valence-corrected chi connectivity index (χ1v) is 11.1. The van der Waals surface area contributed by atoms with E-state index in [1.807, 2.05) is 0 Å². The number of nitriles is 1. The number of hydrogen-bond acceptors (Lipinski definition) is 8. The van der Waals surface area contributed by atoms with Gasteiger partial charge in [-0.05, 0) is 26.0 Å². The van der Waals surface area contributed by atoms with E-state index >= 15 is 0 Å². The number of aryl methyl sites for hydroxylation is 1. The van der Waals surface area contributed by atoms with E-state index in [0.29, 0.717) is 0 Å². The third kappa shape index (κ3) is 4.04. The van der Waals surface area contributed by atoms with Crippen LogP contribution in [0.3, 0.4) is 0 Å². The molecule has 0 aliphatic carbocycles. The van der Waals surface area contributed by atoms with Gasteiger partial charge in [-0.1, -0.05) is 17.7 Å². The molecule has 2 aliphatic heterocycles. The summed E-state index contributed by atoms with van der Waals surface area (Å²) in [6.45, 7) is 3.84. The smallest absolute Gasteiger partial charge is 0.350 e. The summed E-state index contributed by atoms with van der Waals surface area (Å²) in [4.78, 5) is 39.8. The van der Waals surface area contributed by atoms with Gasteiger partial charge in [-0.25, -0.2) is 13.2 Å². The Balaban J connectivity index is 1.91. The topological polar surface area (TPSA) is 143 Å². The third-order valence-corrected chi connectivity index (χ3v) is 6.70. The quantitative estimate of drug-likeness (QED) is 0.484. The maximum Gasteiger partial charge on any atom is 0.350 e. The fourth-order valence-electron chi connectivity index (χ4n) is 3.35. The van der Waals surface area contributed by atoms with Crippen LogP contribution in [0.25, 0.3) is 0 Å². The van der Waals surface area contributed by atoms with Crippen LogP contribution in [0.15, 0.2) is 40.3 Å². The van der Waals surface area contributed by atoms with Crippen molar-refractivity contribution in [1.29, 1.82) is 5.26 Å². The Bertz CT molecular complexity index is 1100. The molecule has 1 saturated heterocycles.